The highest BCUT2D eigenvalue weighted by molar-refractivity contribution is 7.99. The number of benzene rings is 5. The predicted molar refractivity (Wildman–Crippen MR) is 132 cm³/mol. The predicted octanol–water partition coefficient (Wildman–Crippen LogP) is 7.99. The molecule has 1 aliphatic heterocycles. The van der Waals surface area contributed by atoms with Crippen molar-refractivity contribution in [1.82, 2.24) is 0 Å². The number of carbonyl (C=O) groups is 1. The molecular weight excluding hydrogens is 410 g/mol. The minimum absolute atomic E-state index is 0.103. The topological polar surface area (TPSA) is 20.3 Å². The van der Waals surface area contributed by atoms with Crippen LogP contribution in [0.3, 0.4) is 0 Å². The largest absolute Gasteiger partial charge is 0.308 e. The normalized spacial score (nSPS) is 13.5. The van der Waals surface area contributed by atoms with Crippen LogP contribution in [0.15, 0.2) is 113 Å². The van der Waals surface area contributed by atoms with Crippen molar-refractivity contribution < 1.29 is 4.79 Å². The van der Waals surface area contributed by atoms with Crippen LogP contribution >= 0.6 is 11.8 Å². The standard InChI is InChI=1S/C29H17NOS/c31-29-20-9-2-1-8-18(20)19-16-17-23(21-10-7-11-22(29)28(19)21)30-24-12-3-5-14-26(24)32-27-15-6-4-13-25(27)30/h1-17H. The van der Waals surface area contributed by atoms with E-state index in [2.05, 4.69) is 77.7 Å². The van der Waals surface area contributed by atoms with Gasteiger partial charge in [0, 0.05) is 31.7 Å². The second-order valence-electron chi connectivity index (χ2n) is 8.11. The van der Waals surface area contributed by atoms with Crippen LogP contribution in [-0.4, -0.2) is 5.78 Å². The Labute approximate surface area is 190 Å². The summed E-state index contributed by atoms with van der Waals surface area (Å²) in [6, 6.07) is 35.5. The summed E-state index contributed by atoms with van der Waals surface area (Å²) >= 11 is 1.80. The Bertz CT molecular complexity index is 1540. The minimum atomic E-state index is 0.103. The van der Waals surface area contributed by atoms with Crippen molar-refractivity contribution in [3.63, 3.8) is 0 Å². The lowest BCUT2D eigenvalue weighted by Gasteiger charge is -2.34. The van der Waals surface area contributed by atoms with Gasteiger partial charge in [0.25, 0.3) is 0 Å². The number of carbonyl (C=O) groups excluding carboxylic acids is 1. The van der Waals surface area contributed by atoms with E-state index < -0.39 is 0 Å². The van der Waals surface area contributed by atoms with Gasteiger partial charge in [-0.25, -0.2) is 0 Å². The van der Waals surface area contributed by atoms with Crippen molar-refractivity contribution in [2.24, 2.45) is 0 Å². The Balaban J connectivity index is 1.57. The molecule has 2 nitrogen and oxygen atoms in total. The summed E-state index contributed by atoms with van der Waals surface area (Å²) in [4.78, 5) is 18.2. The Morgan fingerprint density at radius 1 is 0.500 bits per heavy atom. The Morgan fingerprint density at radius 3 is 1.88 bits per heavy atom. The van der Waals surface area contributed by atoms with Gasteiger partial charge < -0.3 is 4.90 Å². The number of hydrogen-bond acceptors (Lipinski definition) is 3. The summed E-state index contributed by atoms with van der Waals surface area (Å²) in [5.41, 5.74) is 7.14. The van der Waals surface area contributed by atoms with E-state index in [9.17, 15) is 4.79 Å². The monoisotopic (exact) mass is 427 g/mol. The van der Waals surface area contributed by atoms with Crippen LogP contribution in [0.2, 0.25) is 0 Å². The molecule has 0 bridgehead atoms. The van der Waals surface area contributed by atoms with Gasteiger partial charge in [-0.05, 0) is 41.5 Å². The second-order valence-corrected chi connectivity index (χ2v) is 9.19. The van der Waals surface area contributed by atoms with Gasteiger partial charge in [-0.3, -0.25) is 4.79 Å². The van der Waals surface area contributed by atoms with E-state index in [0.717, 1.165) is 38.7 Å². The first kappa shape index (κ1) is 17.8. The first-order valence-corrected chi connectivity index (χ1v) is 11.5. The van der Waals surface area contributed by atoms with E-state index in [-0.39, 0.29) is 5.78 Å². The fraction of sp³-hybridized carbons (Fsp3) is 0. The SMILES string of the molecule is O=C1c2ccccc2-c2ccc(N3c4ccccc4Sc4ccccc43)c3cccc1c23. The molecular formula is C29H17NOS. The van der Waals surface area contributed by atoms with Crippen molar-refractivity contribution in [3.05, 3.63) is 114 Å². The molecule has 0 saturated heterocycles. The van der Waals surface area contributed by atoms with Crippen LogP contribution in [-0.2, 0) is 0 Å². The molecule has 150 valence electrons. The van der Waals surface area contributed by atoms with Crippen molar-refractivity contribution in [1.29, 1.82) is 0 Å². The molecule has 0 unspecified atom stereocenters. The number of fused-ring (bicyclic) bond motifs is 4. The fourth-order valence-corrected chi connectivity index (χ4v) is 6.08. The summed E-state index contributed by atoms with van der Waals surface area (Å²) in [6.45, 7) is 0. The zero-order valence-electron chi connectivity index (χ0n) is 17.1. The maximum Gasteiger partial charge on any atom is 0.194 e. The lowest BCUT2D eigenvalue weighted by atomic mass is 9.82. The molecule has 5 aromatic rings. The van der Waals surface area contributed by atoms with Crippen LogP contribution in [0.4, 0.5) is 17.1 Å². The van der Waals surface area contributed by atoms with Crippen molar-refractivity contribution >= 4 is 45.4 Å². The van der Waals surface area contributed by atoms with E-state index in [4.69, 9.17) is 0 Å². The van der Waals surface area contributed by atoms with Gasteiger partial charge in [0.05, 0.1) is 17.1 Å². The lowest BCUT2D eigenvalue weighted by Crippen LogP contribution is -2.16. The molecule has 0 spiro atoms. The van der Waals surface area contributed by atoms with Crippen molar-refractivity contribution in [2.75, 3.05) is 4.90 Å². The van der Waals surface area contributed by atoms with Gasteiger partial charge in [0.15, 0.2) is 5.78 Å². The van der Waals surface area contributed by atoms with Crippen LogP contribution in [0.1, 0.15) is 15.9 Å². The van der Waals surface area contributed by atoms with Crippen molar-refractivity contribution in [2.45, 2.75) is 9.79 Å². The Hall–Kier alpha value is -3.82. The lowest BCUT2D eigenvalue weighted by molar-refractivity contribution is 0.104. The summed E-state index contributed by atoms with van der Waals surface area (Å²) < 4.78 is 0. The molecule has 1 heterocycles. The highest BCUT2D eigenvalue weighted by Crippen LogP contribution is 2.53. The number of nitrogens with zero attached hydrogens (tertiary/aromatic N) is 1. The van der Waals surface area contributed by atoms with Gasteiger partial charge in [-0.1, -0.05) is 84.6 Å². The number of rotatable bonds is 1. The van der Waals surface area contributed by atoms with E-state index in [1.54, 1.807) is 11.8 Å². The zero-order valence-corrected chi connectivity index (χ0v) is 17.9. The quantitative estimate of drug-likeness (QED) is 0.265. The molecule has 0 radical (unpaired) electrons. The molecule has 2 aliphatic rings. The highest BCUT2D eigenvalue weighted by Gasteiger charge is 2.29. The molecule has 1 aliphatic carbocycles. The molecule has 0 saturated carbocycles. The zero-order chi connectivity index (χ0) is 21.2. The maximum absolute atomic E-state index is 13.4. The van der Waals surface area contributed by atoms with E-state index in [0.29, 0.717) is 0 Å². The third kappa shape index (κ3) is 2.34. The Kier molecular flexibility index (Phi) is 3.67. The molecule has 5 aromatic carbocycles. The Morgan fingerprint density at radius 2 is 1.12 bits per heavy atom. The fourth-order valence-electron chi connectivity index (χ4n) is 5.03. The molecule has 0 aromatic heterocycles. The molecule has 0 atom stereocenters. The number of hydrogen-bond donors (Lipinski definition) is 0. The third-order valence-corrected chi connectivity index (χ3v) is 7.53. The van der Waals surface area contributed by atoms with Gasteiger partial charge in [-0.2, -0.15) is 0 Å². The van der Waals surface area contributed by atoms with Gasteiger partial charge in [-0.15, -0.1) is 0 Å². The van der Waals surface area contributed by atoms with Gasteiger partial charge in [0.2, 0.25) is 0 Å². The number of para-hydroxylation sites is 2. The molecule has 32 heavy (non-hydrogen) atoms. The average molecular weight is 428 g/mol. The van der Waals surface area contributed by atoms with Gasteiger partial charge >= 0.3 is 0 Å². The van der Waals surface area contributed by atoms with Crippen LogP contribution in [0.25, 0.3) is 21.9 Å². The first-order valence-electron chi connectivity index (χ1n) is 10.7. The summed E-state index contributed by atoms with van der Waals surface area (Å²) in [6.07, 6.45) is 0. The van der Waals surface area contributed by atoms with Crippen LogP contribution in [0, 0.1) is 0 Å². The molecule has 3 heteroatoms. The number of anilines is 3. The molecule has 0 fully saturated rings. The van der Waals surface area contributed by atoms with E-state index >= 15 is 0 Å². The third-order valence-electron chi connectivity index (χ3n) is 6.40. The maximum atomic E-state index is 13.4. The van der Waals surface area contributed by atoms with Crippen molar-refractivity contribution in [3.8, 4) is 11.1 Å². The van der Waals surface area contributed by atoms with Crippen LogP contribution in [0.5, 0.6) is 0 Å². The van der Waals surface area contributed by atoms with E-state index in [1.165, 1.54) is 21.2 Å². The summed E-state index contributed by atoms with van der Waals surface area (Å²) in [7, 11) is 0. The van der Waals surface area contributed by atoms with E-state index in [1.807, 2.05) is 30.3 Å². The van der Waals surface area contributed by atoms with Gasteiger partial charge in [0.1, 0.15) is 0 Å². The van der Waals surface area contributed by atoms with Crippen LogP contribution < -0.4 is 4.90 Å². The summed E-state index contributed by atoms with van der Waals surface area (Å²) in [5, 5.41) is 2.14. The summed E-state index contributed by atoms with van der Waals surface area (Å²) in [5.74, 6) is 0.103. The second kappa shape index (κ2) is 6.59. The highest BCUT2D eigenvalue weighted by atomic mass is 32.2. The molecule has 0 N–H and O–H groups in total. The smallest absolute Gasteiger partial charge is 0.194 e. The first-order chi connectivity index (χ1) is 15.8. The molecule has 7 rings (SSSR count). The average Bonchev–Trinajstić information content (AvgIpc) is 2.85. The number of ketones is 1. The molecule has 0 amide bonds. The minimum Gasteiger partial charge on any atom is -0.308 e.